The van der Waals surface area contributed by atoms with E-state index < -0.39 is 0 Å². The van der Waals surface area contributed by atoms with E-state index in [2.05, 4.69) is 30.8 Å². The highest BCUT2D eigenvalue weighted by atomic mass is 16.1. The van der Waals surface area contributed by atoms with Crippen LogP contribution in [0.3, 0.4) is 0 Å². The predicted molar refractivity (Wildman–Crippen MR) is 115 cm³/mol. The quantitative estimate of drug-likeness (QED) is 0.641. The van der Waals surface area contributed by atoms with E-state index in [9.17, 15) is 4.79 Å². The van der Waals surface area contributed by atoms with E-state index >= 15 is 0 Å². The normalized spacial score (nSPS) is 17.7. The van der Waals surface area contributed by atoms with Crippen LogP contribution >= 0.6 is 0 Å². The predicted octanol–water partition coefficient (Wildman–Crippen LogP) is 2.97. The van der Waals surface area contributed by atoms with E-state index in [4.69, 9.17) is 0 Å². The summed E-state index contributed by atoms with van der Waals surface area (Å²) in [6.07, 6.45) is 11.8. The maximum absolute atomic E-state index is 12.9. The number of hydrogen-bond donors (Lipinski definition) is 2. The summed E-state index contributed by atoms with van der Waals surface area (Å²) in [4.78, 5) is 21.6. The molecule has 0 unspecified atom stereocenters. The molecule has 2 saturated carbocycles. The molecule has 2 fully saturated rings. The SMILES string of the molecule is O=C(Nc1cccc(N2NC=CN2C2CC2)c1)c1cc(-n2ncnc2C2CC2)ccn1. The summed E-state index contributed by atoms with van der Waals surface area (Å²) >= 11 is 0. The smallest absolute Gasteiger partial charge is 0.274 e. The summed E-state index contributed by atoms with van der Waals surface area (Å²) in [5.74, 6) is 1.13. The zero-order chi connectivity index (χ0) is 20.8. The summed E-state index contributed by atoms with van der Waals surface area (Å²) < 4.78 is 1.80. The lowest BCUT2D eigenvalue weighted by atomic mass is 10.2. The molecule has 0 saturated heterocycles. The van der Waals surface area contributed by atoms with Gasteiger partial charge in [0.2, 0.25) is 0 Å². The second kappa shape index (κ2) is 7.12. The molecule has 2 aliphatic carbocycles. The standard InChI is InChI=1S/C22H22N8O/c31-22(20-13-18(8-9-23-20)29-21(15-4-5-15)24-14-26-29)27-16-2-1-3-19(12-16)30-25-10-11-28(30)17-6-7-17/h1-3,8-15,17,25H,4-7H2,(H,27,31). The fourth-order valence-electron chi connectivity index (χ4n) is 3.80. The Morgan fingerprint density at radius 2 is 1.97 bits per heavy atom. The summed E-state index contributed by atoms with van der Waals surface area (Å²) in [5.41, 5.74) is 6.02. The summed E-state index contributed by atoms with van der Waals surface area (Å²) in [5, 5.41) is 11.5. The first-order valence-corrected chi connectivity index (χ1v) is 10.6. The Kier molecular flexibility index (Phi) is 4.12. The summed E-state index contributed by atoms with van der Waals surface area (Å²) in [6, 6.07) is 11.9. The maximum Gasteiger partial charge on any atom is 0.274 e. The molecule has 9 nitrogen and oxygen atoms in total. The minimum Gasteiger partial charge on any atom is -0.321 e. The number of benzene rings is 1. The zero-order valence-corrected chi connectivity index (χ0v) is 16.8. The number of amides is 1. The molecule has 3 aromatic rings. The van der Waals surface area contributed by atoms with E-state index in [1.807, 2.05) is 47.8 Å². The van der Waals surface area contributed by atoms with Gasteiger partial charge in [0.1, 0.15) is 17.8 Å². The van der Waals surface area contributed by atoms with Crippen LogP contribution in [0, 0.1) is 0 Å². The van der Waals surface area contributed by atoms with Gasteiger partial charge in [-0.3, -0.25) is 20.2 Å². The summed E-state index contributed by atoms with van der Waals surface area (Å²) in [7, 11) is 0. The van der Waals surface area contributed by atoms with Gasteiger partial charge in [-0.2, -0.15) is 10.2 Å². The topological polar surface area (TPSA) is 91.2 Å². The second-order valence-corrected chi connectivity index (χ2v) is 8.08. The van der Waals surface area contributed by atoms with Crippen molar-refractivity contribution in [2.75, 3.05) is 10.4 Å². The molecule has 0 radical (unpaired) electrons. The first-order valence-electron chi connectivity index (χ1n) is 10.6. The van der Waals surface area contributed by atoms with Crippen molar-refractivity contribution in [1.82, 2.24) is 30.2 Å². The average molecular weight is 414 g/mol. The van der Waals surface area contributed by atoms with Crippen LogP contribution in [-0.4, -0.2) is 36.7 Å². The number of hydrogen-bond acceptors (Lipinski definition) is 7. The highest BCUT2D eigenvalue weighted by molar-refractivity contribution is 6.03. The molecular weight excluding hydrogens is 392 g/mol. The molecule has 1 aromatic carbocycles. The van der Waals surface area contributed by atoms with Gasteiger partial charge in [-0.15, -0.1) is 0 Å². The van der Waals surface area contributed by atoms with Crippen molar-refractivity contribution in [1.29, 1.82) is 0 Å². The van der Waals surface area contributed by atoms with Crippen molar-refractivity contribution in [3.05, 3.63) is 72.8 Å². The lowest BCUT2D eigenvalue weighted by molar-refractivity contribution is 0.102. The van der Waals surface area contributed by atoms with Gasteiger partial charge in [0.05, 0.1) is 17.4 Å². The van der Waals surface area contributed by atoms with Crippen molar-refractivity contribution in [3.8, 4) is 5.69 Å². The maximum atomic E-state index is 12.9. The Hall–Kier alpha value is -3.88. The molecule has 2 aromatic heterocycles. The molecule has 0 bridgehead atoms. The van der Waals surface area contributed by atoms with Gasteiger partial charge in [0.15, 0.2) is 0 Å². The Bertz CT molecular complexity index is 1160. The Morgan fingerprint density at radius 3 is 2.81 bits per heavy atom. The van der Waals surface area contributed by atoms with Gasteiger partial charge in [0, 0.05) is 30.2 Å². The van der Waals surface area contributed by atoms with Crippen molar-refractivity contribution < 1.29 is 4.79 Å². The van der Waals surface area contributed by atoms with E-state index in [0.29, 0.717) is 23.3 Å². The first-order chi connectivity index (χ1) is 15.3. The molecule has 156 valence electrons. The average Bonchev–Trinajstić information content (AvgIpc) is 3.73. The van der Waals surface area contributed by atoms with E-state index in [1.165, 1.54) is 12.8 Å². The van der Waals surface area contributed by atoms with Crippen molar-refractivity contribution >= 4 is 17.3 Å². The third-order valence-corrected chi connectivity index (χ3v) is 5.66. The Morgan fingerprint density at radius 1 is 1.06 bits per heavy atom. The third kappa shape index (κ3) is 3.48. The lowest BCUT2D eigenvalue weighted by Gasteiger charge is -2.30. The number of nitrogens with one attached hydrogen (secondary N) is 2. The minimum absolute atomic E-state index is 0.265. The molecule has 2 N–H and O–H groups in total. The van der Waals surface area contributed by atoms with Crippen molar-refractivity contribution in [3.63, 3.8) is 0 Å². The van der Waals surface area contributed by atoms with Gasteiger partial charge in [-0.05, 0) is 56.0 Å². The molecule has 3 heterocycles. The highest BCUT2D eigenvalue weighted by Gasteiger charge is 2.33. The molecular formula is C22H22N8O. The van der Waals surface area contributed by atoms with Gasteiger partial charge < -0.3 is 5.32 Å². The molecule has 1 aliphatic heterocycles. The van der Waals surface area contributed by atoms with E-state index in [1.54, 1.807) is 23.3 Å². The minimum atomic E-state index is -0.265. The summed E-state index contributed by atoms with van der Waals surface area (Å²) in [6.45, 7) is 0. The van der Waals surface area contributed by atoms with Crippen molar-refractivity contribution in [2.24, 2.45) is 0 Å². The first kappa shape index (κ1) is 17.9. The number of nitrogens with zero attached hydrogens (tertiary/aromatic N) is 6. The second-order valence-electron chi connectivity index (χ2n) is 8.08. The van der Waals surface area contributed by atoms with Crippen LogP contribution < -0.4 is 15.9 Å². The third-order valence-electron chi connectivity index (χ3n) is 5.66. The molecule has 6 rings (SSSR count). The van der Waals surface area contributed by atoms with Gasteiger partial charge in [-0.1, -0.05) is 6.07 Å². The lowest BCUT2D eigenvalue weighted by Crippen LogP contribution is -2.43. The fraction of sp³-hybridized carbons (Fsp3) is 0.273. The number of rotatable bonds is 6. The van der Waals surface area contributed by atoms with Crippen LogP contribution in [0.15, 0.2) is 61.3 Å². The number of carbonyl (C=O) groups excluding carboxylic acids is 1. The Balaban J connectivity index is 1.21. The van der Waals surface area contributed by atoms with Crippen LogP contribution in [0.1, 0.15) is 47.9 Å². The zero-order valence-electron chi connectivity index (χ0n) is 16.8. The van der Waals surface area contributed by atoms with Gasteiger partial charge in [-0.25, -0.2) is 9.67 Å². The molecule has 9 heteroatoms. The van der Waals surface area contributed by atoms with Crippen LogP contribution in [0.2, 0.25) is 0 Å². The van der Waals surface area contributed by atoms with Crippen LogP contribution in [0.4, 0.5) is 11.4 Å². The molecule has 0 spiro atoms. The number of pyridine rings is 1. The largest absolute Gasteiger partial charge is 0.321 e. The van der Waals surface area contributed by atoms with E-state index in [0.717, 1.165) is 30.0 Å². The van der Waals surface area contributed by atoms with E-state index in [-0.39, 0.29) is 5.91 Å². The number of anilines is 2. The number of aromatic nitrogens is 4. The van der Waals surface area contributed by atoms with Gasteiger partial charge in [0.25, 0.3) is 5.91 Å². The van der Waals surface area contributed by atoms with Crippen LogP contribution in [-0.2, 0) is 0 Å². The monoisotopic (exact) mass is 414 g/mol. The molecule has 0 atom stereocenters. The Labute approximate surface area is 179 Å². The van der Waals surface area contributed by atoms with Crippen molar-refractivity contribution in [2.45, 2.75) is 37.6 Å². The number of carbonyl (C=O) groups is 1. The fourth-order valence-corrected chi connectivity index (χ4v) is 3.80. The molecule has 1 amide bonds. The highest BCUT2D eigenvalue weighted by Crippen LogP contribution is 2.39. The van der Waals surface area contributed by atoms with Crippen LogP contribution in [0.25, 0.3) is 5.69 Å². The number of hydrazine groups is 2. The molecule has 3 aliphatic rings. The van der Waals surface area contributed by atoms with Gasteiger partial charge >= 0.3 is 0 Å². The van der Waals surface area contributed by atoms with Crippen LogP contribution in [0.5, 0.6) is 0 Å². The molecule has 31 heavy (non-hydrogen) atoms.